The zero-order chi connectivity index (χ0) is 14.7. The number of hydrogen-bond acceptors (Lipinski definition) is 6. The van der Waals surface area contributed by atoms with Crippen LogP contribution in [0, 0.1) is 0 Å². The third-order valence-electron chi connectivity index (χ3n) is 2.84. The van der Waals surface area contributed by atoms with E-state index in [1.54, 1.807) is 30.3 Å². The Balaban J connectivity index is 1.87. The number of aromatic nitrogens is 2. The molecular weight excluding hydrogens is 290 g/mol. The van der Waals surface area contributed by atoms with Gasteiger partial charge in [-0.1, -0.05) is 36.4 Å². The summed E-state index contributed by atoms with van der Waals surface area (Å²) in [6.45, 7) is 0. The molecule has 1 heterocycles. The van der Waals surface area contributed by atoms with Crippen molar-refractivity contribution in [2.45, 2.75) is 4.90 Å². The molecule has 0 saturated heterocycles. The molecule has 0 saturated carbocycles. The van der Waals surface area contributed by atoms with Gasteiger partial charge in [0.1, 0.15) is 0 Å². The first-order valence-corrected chi connectivity index (χ1v) is 7.53. The second kappa shape index (κ2) is 5.47. The quantitative estimate of drug-likeness (QED) is 0.745. The van der Waals surface area contributed by atoms with Gasteiger partial charge in [-0.2, -0.15) is 18.6 Å². The van der Waals surface area contributed by atoms with Crippen LogP contribution in [-0.4, -0.2) is 18.6 Å². The average Bonchev–Trinajstić information content (AvgIpc) is 2.54. The van der Waals surface area contributed by atoms with E-state index in [1.807, 2.05) is 12.1 Å². The van der Waals surface area contributed by atoms with Crippen LogP contribution < -0.4 is 5.48 Å². The van der Waals surface area contributed by atoms with E-state index in [-0.39, 0.29) is 4.90 Å². The van der Waals surface area contributed by atoms with Gasteiger partial charge in [0.25, 0.3) is 0 Å². The highest BCUT2D eigenvalue weighted by Gasteiger charge is 2.15. The summed E-state index contributed by atoms with van der Waals surface area (Å²) >= 11 is 0. The third kappa shape index (κ3) is 2.83. The Labute approximate surface area is 121 Å². The summed E-state index contributed by atoms with van der Waals surface area (Å²) in [5, 5.41) is 8.47. The molecule has 0 unspecified atom stereocenters. The molecule has 1 aromatic heterocycles. The normalized spacial score (nSPS) is 11.4. The Kier molecular flexibility index (Phi) is 3.51. The van der Waals surface area contributed by atoms with Crippen molar-refractivity contribution >= 4 is 26.7 Å². The monoisotopic (exact) mass is 301 g/mol. The van der Waals surface area contributed by atoms with E-state index in [9.17, 15) is 8.42 Å². The minimum atomic E-state index is -3.89. The van der Waals surface area contributed by atoms with E-state index in [0.29, 0.717) is 11.2 Å². The van der Waals surface area contributed by atoms with Crippen molar-refractivity contribution in [1.29, 1.82) is 0 Å². The lowest BCUT2D eigenvalue weighted by molar-refractivity contribution is 0.391. The van der Waals surface area contributed by atoms with E-state index in [0.717, 1.165) is 5.39 Å². The fourth-order valence-electron chi connectivity index (χ4n) is 1.82. The highest BCUT2D eigenvalue weighted by Crippen LogP contribution is 2.21. The first kappa shape index (κ1) is 13.5. The molecule has 1 N–H and O–H groups in total. The third-order valence-corrected chi connectivity index (χ3v) is 3.99. The SMILES string of the molecule is O=S(=O)(ONc1cnnc2ccccc12)c1ccccc1. The summed E-state index contributed by atoms with van der Waals surface area (Å²) < 4.78 is 28.9. The van der Waals surface area contributed by atoms with Crippen LogP contribution in [-0.2, 0) is 14.4 Å². The van der Waals surface area contributed by atoms with E-state index in [2.05, 4.69) is 15.7 Å². The number of benzene rings is 2. The van der Waals surface area contributed by atoms with Gasteiger partial charge in [0.15, 0.2) is 0 Å². The second-order valence-electron chi connectivity index (χ2n) is 4.23. The molecule has 0 aliphatic carbocycles. The van der Waals surface area contributed by atoms with Gasteiger partial charge in [0.05, 0.1) is 22.3 Å². The summed E-state index contributed by atoms with van der Waals surface area (Å²) in [4.78, 5) is 0.0730. The van der Waals surface area contributed by atoms with Crippen LogP contribution in [0.2, 0.25) is 0 Å². The summed E-state index contributed by atoms with van der Waals surface area (Å²) in [6.07, 6.45) is 1.41. The van der Waals surface area contributed by atoms with Gasteiger partial charge in [-0.3, -0.25) is 0 Å². The molecule has 7 heteroatoms. The zero-order valence-corrected chi connectivity index (χ0v) is 11.6. The lowest BCUT2D eigenvalue weighted by atomic mass is 10.2. The Hall–Kier alpha value is -2.51. The van der Waals surface area contributed by atoms with Gasteiger partial charge >= 0.3 is 10.1 Å². The molecule has 0 atom stereocenters. The van der Waals surface area contributed by atoms with Crippen molar-refractivity contribution in [3.05, 3.63) is 60.8 Å². The van der Waals surface area contributed by atoms with Crippen molar-refractivity contribution in [3.8, 4) is 0 Å². The first-order valence-electron chi connectivity index (χ1n) is 6.12. The van der Waals surface area contributed by atoms with Crippen LogP contribution >= 0.6 is 0 Å². The molecule has 0 radical (unpaired) electrons. The van der Waals surface area contributed by atoms with Gasteiger partial charge in [-0.05, 0) is 18.2 Å². The Morgan fingerprint density at radius 2 is 1.67 bits per heavy atom. The zero-order valence-electron chi connectivity index (χ0n) is 10.8. The number of anilines is 1. The van der Waals surface area contributed by atoms with Crippen molar-refractivity contribution in [2.24, 2.45) is 0 Å². The maximum Gasteiger partial charge on any atom is 0.317 e. The molecule has 0 spiro atoms. The van der Waals surface area contributed by atoms with Crippen molar-refractivity contribution in [1.82, 2.24) is 10.2 Å². The van der Waals surface area contributed by atoms with Crippen molar-refractivity contribution in [3.63, 3.8) is 0 Å². The topological polar surface area (TPSA) is 81.2 Å². The van der Waals surface area contributed by atoms with Crippen LogP contribution in [0.4, 0.5) is 5.69 Å². The number of fused-ring (bicyclic) bond motifs is 1. The number of nitrogens with zero attached hydrogens (tertiary/aromatic N) is 2. The highest BCUT2D eigenvalue weighted by atomic mass is 32.2. The lowest BCUT2D eigenvalue weighted by Gasteiger charge is -2.08. The minimum Gasteiger partial charge on any atom is -0.247 e. The summed E-state index contributed by atoms with van der Waals surface area (Å²) in [7, 11) is -3.89. The molecule has 3 rings (SSSR count). The Morgan fingerprint density at radius 3 is 2.48 bits per heavy atom. The molecule has 3 aromatic rings. The number of nitrogens with one attached hydrogen (secondary N) is 1. The maximum absolute atomic E-state index is 12.0. The van der Waals surface area contributed by atoms with Gasteiger partial charge in [-0.15, -0.1) is 4.28 Å². The van der Waals surface area contributed by atoms with E-state index >= 15 is 0 Å². The molecule has 0 fully saturated rings. The van der Waals surface area contributed by atoms with Crippen molar-refractivity contribution in [2.75, 3.05) is 5.48 Å². The second-order valence-corrected chi connectivity index (χ2v) is 5.77. The van der Waals surface area contributed by atoms with Crippen molar-refractivity contribution < 1.29 is 12.7 Å². The van der Waals surface area contributed by atoms with E-state index < -0.39 is 10.1 Å². The highest BCUT2D eigenvalue weighted by molar-refractivity contribution is 7.86. The van der Waals surface area contributed by atoms with E-state index in [4.69, 9.17) is 4.28 Å². The van der Waals surface area contributed by atoms with Crippen LogP contribution in [0.25, 0.3) is 10.9 Å². The molecule has 0 bridgehead atoms. The standard InChI is InChI=1S/C14H11N3O3S/c18-21(19,11-6-2-1-3-7-11)20-17-14-10-15-16-13-9-5-4-8-12(13)14/h1-10H,(H,16,17). The molecule has 106 valence electrons. The van der Waals surface area contributed by atoms with Crippen LogP contribution in [0.1, 0.15) is 0 Å². The molecule has 2 aromatic carbocycles. The fraction of sp³-hybridized carbons (Fsp3) is 0. The molecule has 0 amide bonds. The summed E-state index contributed by atoms with van der Waals surface area (Å²) in [6, 6.07) is 15.1. The predicted octanol–water partition coefficient (Wildman–Crippen LogP) is 2.36. The Morgan fingerprint density at radius 1 is 0.952 bits per heavy atom. The molecule has 0 aliphatic rings. The summed E-state index contributed by atoms with van der Waals surface area (Å²) in [5.74, 6) is 0. The average molecular weight is 301 g/mol. The lowest BCUT2D eigenvalue weighted by Crippen LogP contribution is -2.12. The first-order chi connectivity index (χ1) is 10.2. The van der Waals surface area contributed by atoms with Gasteiger partial charge < -0.3 is 0 Å². The number of hydrogen-bond donors (Lipinski definition) is 1. The van der Waals surface area contributed by atoms with Crippen LogP contribution in [0.5, 0.6) is 0 Å². The van der Waals surface area contributed by atoms with E-state index in [1.165, 1.54) is 18.3 Å². The Bertz CT molecular complexity index is 862. The fourth-order valence-corrected chi connectivity index (χ4v) is 2.61. The van der Waals surface area contributed by atoms with Crippen LogP contribution in [0.3, 0.4) is 0 Å². The largest absolute Gasteiger partial charge is 0.317 e. The molecule has 6 nitrogen and oxygen atoms in total. The minimum absolute atomic E-state index is 0.0730. The molecule has 21 heavy (non-hydrogen) atoms. The van der Waals surface area contributed by atoms with Gasteiger partial charge in [0.2, 0.25) is 0 Å². The number of rotatable bonds is 4. The maximum atomic E-state index is 12.0. The van der Waals surface area contributed by atoms with Gasteiger partial charge in [-0.25, -0.2) is 5.48 Å². The smallest absolute Gasteiger partial charge is 0.247 e. The summed E-state index contributed by atoms with van der Waals surface area (Å²) in [5.41, 5.74) is 3.51. The predicted molar refractivity (Wildman–Crippen MR) is 77.9 cm³/mol. The molecular formula is C14H11N3O3S. The van der Waals surface area contributed by atoms with Gasteiger partial charge in [0, 0.05) is 5.39 Å². The van der Waals surface area contributed by atoms with Crippen LogP contribution in [0.15, 0.2) is 65.7 Å². The molecule has 0 aliphatic heterocycles.